The minimum atomic E-state index is -3.28. The molecule has 19 heavy (non-hydrogen) atoms. The molecule has 0 atom stereocenters. The number of hydrogen-bond acceptors (Lipinski definition) is 3. The molecule has 1 heterocycles. The van der Waals surface area contributed by atoms with Crippen LogP contribution in [0, 0.1) is 0 Å². The van der Waals surface area contributed by atoms with Crippen molar-refractivity contribution in [1.82, 2.24) is 0 Å². The van der Waals surface area contributed by atoms with E-state index < -0.39 is 10.0 Å². The number of anilines is 2. The number of sulfonamides is 1. The normalized spacial score (nSPS) is 14.7. The summed E-state index contributed by atoms with van der Waals surface area (Å²) in [5.41, 5.74) is 2.40. The summed E-state index contributed by atoms with van der Waals surface area (Å²) in [6.45, 7) is 4.73. The van der Waals surface area contributed by atoms with Crippen molar-refractivity contribution in [1.29, 1.82) is 0 Å². The first-order chi connectivity index (χ1) is 8.88. The van der Waals surface area contributed by atoms with Gasteiger partial charge in [0.05, 0.1) is 18.4 Å². The Balaban J connectivity index is 2.44. The monoisotopic (exact) mass is 282 g/mol. The number of carbonyl (C=O) groups is 1. The van der Waals surface area contributed by atoms with E-state index in [2.05, 4.69) is 0 Å². The minimum absolute atomic E-state index is 0.0667. The summed E-state index contributed by atoms with van der Waals surface area (Å²) < 4.78 is 24.7. The van der Waals surface area contributed by atoms with Gasteiger partial charge in [-0.25, -0.2) is 8.42 Å². The van der Waals surface area contributed by atoms with Gasteiger partial charge >= 0.3 is 0 Å². The number of hydrogen-bond donors (Lipinski definition) is 0. The summed E-state index contributed by atoms with van der Waals surface area (Å²) in [6.07, 6.45) is 1.53. The van der Waals surface area contributed by atoms with Gasteiger partial charge in [-0.05, 0) is 37.6 Å². The van der Waals surface area contributed by atoms with Crippen LogP contribution in [-0.4, -0.2) is 33.7 Å². The van der Waals surface area contributed by atoms with Crippen molar-refractivity contribution in [2.75, 3.05) is 28.6 Å². The van der Waals surface area contributed by atoms with Crippen LogP contribution in [0.1, 0.15) is 19.4 Å². The quantitative estimate of drug-likeness (QED) is 0.838. The van der Waals surface area contributed by atoms with Gasteiger partial charge in [-0.15, -0.1) is 0 Å². The lowest BCUT2D eigenvalue weighted by atomic mass is 10.1. The number of amides is 1. The lowest BCUT2D eigenvalue weighted by Crippen LogP contribution is -2.29. The Morgan fingerprint density at radius 2 is 2.00 bits per heavy atom. The Morgan fingerprint density at radius 1 is 1.32 bits per heavy atom. The summed E-state index contributed by atoms with van der Waals surface area (Å²) in [5.74, 6) is 0.0667. The molecule has 0 spiro atoms. The van der Waals surface area contributed by atoms with Gasteiger partial charge in [-0.3, -0.25) is 9.10 Å². The van der Waals surface area contributed by atoms with Crippen molar-refractivity contribution in [3.63, 3.8) is 0 Å². The van der Waals surface area contributed by atoms with Crippen LogP contribution >= 0.6 is 0 Å². The Labute approximate surface area is 113 Å². The molecule has 6 heteroatoms. The van der Waals surface area contributed by atoms with E-state index in [1.807, 2.05) is 13.0 Å². The van der Waals surface area contributed by atoms with E-state index >= 15 is 0 Å². The van der Waals surface area contributed by atoms with E-state index in [0.717, 1.165) is 11.3 Å². The van der Waals surface area contributed by atoms with E-state index in [1.54, 1.807) is 24.0 Å². The van der Waals surface area contributed by atoms with Crippen LogP contribution in [0.25, 0.3) is 0 Å². The molecule has 0 radical (unpaired) electrons. The smallest absolute Gasteiger partial charge is 0.232 e. The zero-order valence-corrected chi connectivity index (χ0v) is 12.2. The SMILES string of the molecule is CCN1C(=O)Cc2cc(N(CC)S(C)(=O)=O)ccc21. The summed E-state index contributed by atoms with van der Waals surface area (Å²) in [5, 5.41) is 0. The molecule has 1 aromatic carbocycles. The average Bonchev–Trinajstić information content (AvgIpc) is 2.62. The topological polar surface area (TPSA) is 57.7 Å². The van der Waals surface area contributed by atoms with Crippen LogP contribution in [0.15, 0.2) is 18.2 Å². The molecule has 1 aromatic rings. The molecule has 0 N–H and O–H groups in total. The van der Waals surface area contributed by atoms with Crippen molar-refractivity contribution >= 4 is 27.3 Å². The molecular weight excluding hydrogens is 264 g/mol. The minimum Gasteiger partial charge on any atom is -0.312 e. The van der Waals surface area contributed by atoms with Crippen LogP contribution in [0.3, 0.4) is 0 Å². The van der Waals surface area contributed by atoms with Crippen LogP contribution < -0.4 is 9.21 Å². The van der Waals surface area contributed by atoms with E-state index in [4.69, 9.17) is 0 Å². The van der Waals surface area contributed by atoms with E-state index in [9.17, 15) is 13.2 Å². The largest absolute Gasteiger partial charge is 0.312 e. The second-order valence-corrected chi connectivity index (χ2v) is 6.46. The van der Waals surface area contributed by atoms with Gasteiger partial charge in [0.2, 0.25) is 15.9 Å². The molecular formula is C13H18N2O3S. The van der Waals surface area contributed by atoms with Crippen LogP contribution in [0.2, 0.25) is 0 Å². The standard InChI is InChI=1S/C13H18N2O3S/c1-4-14-12-7-6-11(8-10(12)9-13(14)16)15(5-2)19(3,17)18/h6-8H,4-5,9H2,1-3H3. The maximum absolute atomic E-state index is 11.8. The van der Waals surface area contributed by atoms with E-state index in [0.29, 0.717) is 25.2 Å². The molecule has 1 amide bonds. The third kappa shape index (κ3) is 2.45. The predicted molar refractivity (Wildman–Crippen MR) is 76.0 cm³/mol. The molecule has 0 bridgehead atoms. The summed E-state index contributed by atoms with van der Waals surface area (Å²) in [6, 6.07) is 5.38. The predicted octanol–water partition coefficient (Wildman–Crippen LogP) is 1.38. The molecule has 2 rings (SSSR count). The number of nitrogens with zero attached hydrogens (tertiary/aromatic N) is 2. The first-order valence-corrected chi connectivity index (χ1v) is 8.14. The Bertz CT molecular complexity index is 610. The zero-order valence-electron chi connectivity index (χ0n) is 11.4. The van der Waals surface area contributed by atoms with E-state index in [-0.39, 0.29) is 5.91 Å². The fourth-order valence-electron chi connectivity index (χ4n) is 2.48. The van der Waals surface area contributed by atoms with Crippen LogP contribution in [-0.2, 0) is 21.2 Å². The highest BCUT2D eigenvalue weighted by Crippen LogP contribution is 2.32. The lowest BCUT2D eigenvalue weighted by Gasteiger charge is -2.21. The third-order valence-electron chi connectivity index (χ3n) is 3.29. The molecule has 0 saturated carbocycles. The van der Waals surface area contributed by atoms with Gasteiger partial charge < -0.3 is 4.90 Å². The number of rotatable bonds is 4. The van der Waals surface area contributed by atoms with Gasteiger partial charge in [0.25, 0.3) is 0 Å². The fraction of sp³-hybridized carbons (Fsp3) is 0.462. The van der Waals surface area contributed by atoms with Crippen molar-refractivity contribution in [2.45, 2.75) is 20.3 Å². The van der Waals surface area contributed by atoms with Crippen LogP contribution in [0.5, 0.6) is 0 Å². The molecule has 0 saturated heterocycles. The maximum Gasteiger partial charge on any atom is 0.232 e. The Hall–Kier alpha value is -1.56. The molecule has 0 aromatic heterocycles. The molecule has 104 valence electrons. The number of fused-ring (bicyclic) bond motifs is 1. The molecule has 0 fully saturated rings. The van der Waals surface area contributed by atoms with Gasteiger partial charge in [-0.1, -0.05) is 0 Å². The molecule has 1 aliphatic heterocycles. The van der Waals surface area contributed by atoms with Crippen molar-refractivity contribution in [3.05, 3.63) is 23.8 Å². The number of likely N-dealkylation sites (N-methyl/N-ethyl adjacent to an activating group) is 1. The second-order valence-electron chi connectivity index (χ2n) is 4.56. The summed E-state index contributed by atoms with van der Waals surface area (Å²) in [4.78, 5) is 13.5. The van der Waals surface area contributed by atoms with Crippen molar-refractivity contribution in [2.24, 2.45) is 0 Å². The fourth-order valence-corrected chi connectivity index (χ4v) is 3.45. The molecule has 0 aliphatic carbocycles. The van der Waals surface area contributed by atoms with Gasteiger partial charge in [0, 0.05) is 18.8 Å². The average molecular weight is 282 g/mol. The van der Waals surface area contributed by atoms with Gasteiger partial charge in [0.1, 0.15) is 0 Å². The number of benzene rings is 1. The molecule has 5 nitrogen and oxygen atoms in total. The Morgan fingerprint density at radius 3 is 2.53 bits per heavy atom. The van der Waals surface area contributed by atoms with E-state index in [1.165, 1.54) is 10.6 Å². The summed E-state index contributed by atoms with van der Waals surface area (Å²) >= 11 is 0. The second kappa shape index (κ2) is 4.85. The third-order valence-corrected chi connectivity index (χ3v) is 4.56. The lowest BCUT2D eigenvalue weighted by molar-refractivity contribution is -0.117. The highest BCUT2D eigenvalue weighted by molar-refractivity contribution is 7.92. The molecule has 0 unspecified atom stereocenters. The van der Waals surface area contributed by atoms with Crippen molar-refractivity contribution in [3.8, 4) is 0 Å². The first-order valence-electron chi connectivity index (χ1n) is 6.29. The highest BCUT2D eigenvalue weighted by atomic mass is 32.2. The van der Waals surface area contributed by atoms with Gasteiger partial charge in [-0.2, -0.15) is 0 Å². The molecule has 1 aliphatic rings. The number of carbonyl (C=O) groups excluding carboxylic acids is 1. The first kappa shape index (κ1) is 13.9. The Kier molecular flexibility index (Phi) is 3.54. The maximum atomic E-state index is 11.8. The van der Waals surface area contributed by atoms with Crippen molar-refractivity contribution < 1.29 is 13.2 Å². The zero-order chi connectivity index (χ0) is 14.2. The highest BCUT2D eigenvalue weighted by Gasteiger charge is 2.27. The van der Waals surface area contributed by atoms with Crippen LogP contribution in [0.4, 0.5) is 11.4 Å². The van der Waals surface area contributed by atoms with Gasteiger partial charge in [0.15, 0.2) is 0 Å². The summed E-state index contributed by atoms with van der Waals surface area (Å²) in [7, 11) is -3.28.